The standard InChI is InChI=1S/C32H34N6O12/c1-5-47-26-13-19(7-10-25(26)50-23-12-9-21(37(42)43)15-22(23)38(44)45)16-33-36-28(39)17-49-24-11-8-20(14-27(24)48-6-2)30-29(31(40)46-4)18(3)34-32(41)35-30/h7-16,28,30,36,39H,5-6,17H2,1-4H3,(H2,34,35,41)/b33-16+/t28-,30+/m1/s1. The zero-order valence-corrected chi connectivity index (χ0v) is 27.3. The molecule has 0 saturated heterocycles. The van der Waals surface area contributed by atoms with Gasteiger partial charge in [0.05, 0.1) is 54.1 Å². The topological polar surface area (TPSA) is 235 Å². The van der Waals surface area contributed by atoms with Crippen LogP contribution in [-0.2, 0) is 9.53 Å². The first kappa shape index (κ1) is 36.4. The molecule has 0 unspecified atom stereocenters. The monoisotopic (exact) mass is 694 g/mol. The maximum atomic E-state index is 12.5. The Bertz CT molecular complexity index is 1830. The van der Waals surface area contributed by atoms with E-state index in [-0.39, 0.29) is 48.4 Å². The van der Waals surface area contributed by atoms with E-state index in [0.717, 1.165) is 18.2 Å². The number of methoxy groups -OCH3 is 1. The molecule has 4 rings (SSSR count). The van der Waals surface area contributed by atoms with Crippen molar-refractivity contribution in [1.82, 2.24) is 16.1 Å². The van der Waals surface area contributed by atoms with Gasteiger partial charge < -0.3 is 39.4 Å². The fraction of sp³-hybridized carbons (Fsp3) is 0.281. The van der Waals surface area contributed by atoms with E-state index < -0.39 is 45.5 Å². The van der Waals surface area contributed by atoms with Crippen molar-refractivity contribution in [2.75, 3.05) is 26.9 Å². The number of nitrogens with one attached hydrogen (secondary N) is 3. The van der Waals surface area contributed by atoms with Crippen molar-refractivity contribution >= 4 is 29.6 Å². The van der Waals surface area contributed by atoms with Crippen molar-refractivity contribution in [3.05, 3.63) is 97.2 Å². The number of aliphatic hydroxyl groups is 1. The predicted octanol–water partition coefficient (Wildman–Crippen LogP) is 4.21. The molecule has 4 N–H and O–H groups in total. The number of carbonyl (C=O) groups excluding carboxylic acids is 2. The van der Waals surface area contributed by atoms with Crippen LogP contribution in [0.5, 0.6) is 28.7 Å². The van der Waals surface area contributed by atoms with Crippen molar-refractivity contribution in [2.45, 2.75) is 33.0 Å². The van der Waals surface area contributed by atoms with E-state index in [1.165, 1.54) is 19.4 Å². The van der Waals surface area contributed by atoms with E-state index in [2.05, 4.69) is 21.2 Å². The third-order valence-electron chi connectivity index (χ3n) is 6.95. The maximum absolute atomic E-state index is 12.5. The maximum Gasteiger partial charge on any atom is 0.337 e. The number of esters is 1. The number of urea groups is 1. The lowest BCUT2D eigenvalue weighted by atomic mass is 9.95. The number of hydrogen-bond donors (Lipinski definition) is 4. The SMILES string of the molecule is CCOc1cc([C@@H]2NC(=O)NC(C)=C2C(=O)OC)ccc1OC[C@@H](O)N/N=C/c1ccc(Oc2ccc([N+](=O)[O-])cc2[N+](=O)[O-])c(OCC)c1. The highest BCUT2D eigenvalue weighted by Crippen LogP contribution is 2.39. The molecule has 0 aliphatic carbocycles. The third-order valence-corrected chi connectivity index (χ3v) is 6.95. The van der Waals surface area contributed by atoms with Gasteiger partial charge in [0, 0.05) is 11.8 Å². The predicted molar refractivity (Wildman–Crippen MR) is 176 cm³/mol. The number of ether oxygens (including phenoxy) is 5. The lowest BCUT2D eigenvalue weighted by Gasteiger charge is -2.28. The second-order valence-corrected chi connectivity index (χ2v) is 10.3. The number of nitrogens with zero attached hydrogens (tertiary/aromatic N) is 3. The Labute approximate surface area is 284 Å². The Morgan fingerprint density at radius 3 is 2.30 bits per heavy atom. The van der Waals surface area contributed by atoms with Gasteiger partial charge in [-0.3, -0.25) is 25.7 Å². The molecule has 1 aliphatic rings. The van der Waals surface area contributed by atoms with Crippen molar-refractivity contribution in [1.29, 1.82) is 0 Å². The van der Waals surface area contributed by atoms with Crippen LogP contribution >= 0.6 is 0 Å². The second kappa shape index (κ2) is 16.6. The van der Waals surface area contributed by atoms with E-state index in [1.807, 2.05) is 0 Å². The second-order valence-electron chi connectivity index (χ2n) is 10.3. The molecular weight excluding hydrogens is 660 g/mol. The number of allylic oxidation sites excluding steroid dienone is 1. The van der Waals surface area contributed by atoms with Crippen molar-refractivity contribution < 1.29 is 48.2 Å². The molecular formula is C32H34N6O12. The van der Waals surface area contributed by atoms with Crippen LogP contribution < -0.4 is 35.0 Å². The summed E-state index contributed by atoms with van der Waals surface area (Å²) in [6, 6.07) is 11.2. The minimum absolute atomic E-state index is 0.119. The number of hydrazone groups is 1. The molecule has 18 nitrogen and oxygen atoms in total. The number of rotatable bonds is 16. The molecule has 1 aliphatic heterocycles. The highest BCUT2D eigenvalue weighted by atomic mass is 16.6. The molecule has 2 amide bonds. The third kappa shape index (κ3) is 8.92. The summed E-state index contributed by atoms with van der Waals surface area (Å²) in [5, 5.41) is 42.3. The first-order chi connectivity index (χ1) is 23.9. The van der Waals surface area contributed by atoms with Gasteiger partial charge in [-0.05, 0) is 68.3 Å². The summed E-state index contributed by atoms with van der Waals surface area (Å²) in [7, 11) is 1.24. The normalized spacial score (nSPS) is 14.7. The molecule has 0 bridgehead atoms. The van der Waals surface area contributed by atoms with E-state index in [1.54, 1.807) is 51.1 Å². The quantitative estimate of drug-likeness (QED) is 0.0541. The summed E-state index contributed by atoms with van der Waals surface area (Å²) < 4.78 is 27.7. The molecule has 2 atom stereocenters. The Morgan fingerprint density at radius 1 is 0.960 bits per heavy atom. The average molecular weight is 695 g/mol. The van der Waals surface area contributed by atoms with E-state index in [4.69, 9.17) is 23.7 Å². The number of aliphatic hydroxyl groups excluding tert-OH is 1. The summed E-state index contributed by atoms with van der Waals surface area (Å²) >= 11 is 0. The molecule has 0 saturated carbocycles. The van der Waals surface area contributed by atoms with E-state index >= 15 is 0 Å². The van der Waals surface area contributed by atoms with E-state index in [0.29, 0.717) is 22.6 Å². The Balaban J connectivity index is 1.42. The van der Waals surface area contributed by atoms with Gasteiger partial charge in [-0.2, -0.15) is 5.10 Å². The van der Waals surface area contributed by atoms with Gasteiger partial charge >= 0.3 is 17.7 Å². The average Bonchev–Trinajstić information content (AvgIpc) is 3.08. The van der Waals surface area contributed by atoms with Crippen LogP contribution in [0.4, 0.5) is 16.2 Å². The summed E-state index contributed by atoms with van der Waals surface area (Å²) in [5.74, 6) is 0.0964. The fourth-order valence-corrected chi connectivity index (χ4v) is 4.74. The van der Waals surface area contributed by atoms with Crippen molar-refractivity contribution in [3.63, 3.8) is 0 Å². The number of benzene rings is 3. The lowest BCUT2D eigenvalue weighted by Crippen LogP contribution is -2.45. The molecule has 264 valence electrons. The molecule has 0 radical (unpaired) electrons. The number of amides is 2. The molecule has 0 aromatic heterocycles. The van der Waals surface area contributed by atoms with Gasteiger partial charge in [0.1, 0.15) is 6.61 Å². The van der Waals surface area contributed by atoms with Crippen LogP contribution in [0.2, 0.25) is 0 Å². The van der Waals surface area contributed by atoms with Crippen molar-refractivity contribution in [2.24, 2.45) is 5.10 Å². The summed E-state index contributed by atoms with van der Waals surface area (Å²) in [5.41, 5.74) is 3.11. The fourth-order valence-electron chi connectivity index (χ4n) is 4.74. The molecule has 3 aromatic carbocycles. The molecule has 0 spiro atoms. The van der Waals surface area contributed by atoms with Gasteiger partial charge in [0.25, 0.3) is 5.69 Å². The highest BCUT2D eigenvalue weighted by Gasteiger charge is 2.32. The Hall–Kier alpha value is -6.43. The van der Waals surface area contributed by atoms with Crippen LogP contribution in [0.25, 0.3) is 0 Å². The van der Waals surface area contributed by atoms with Crippen LogP contribution in [-0.4, -0.2) is 66.3 Å². The Morgan fingerprint density at radius 2 is 1.64 bits per heavy atom. The number of non-ortho nitro benzene ring substituents is 1. The molecule has 18 heteroatoms. The zero-order chi connectivity index (χ0) is 36.4. The Kier molecular flexibility index (Phi) is 12.1. The first-order valence-corrected chi connectivity index (χ1v) is 15.1. The molecule has 0 fully saturated rings. The van der Waals surface area contributed by atoms with Gasteiger partial charge in [-0.1, -0.05) is 6.07 Å². The highest BCUT2D eigenvalue weighted by molar-refractivity contribution is 5.95. The van der Waals surface area contributed by atoms with Crippen LogP contribution in [0.3, 0.4) is 0 Å². The molecule has 1 heterocycles. The lowest BCUT2D eigenvalue weighted by molar-refractivity contribution is -0.394. The van der Waals surface area contributed by atoms with E-state index in [9.17, 15) is 34.9 Å². The summed E-state index contributed by atoms with van der Waals surface area (Å²) in [6.45, 7) is 5.35. The zero-order valence-electron chi connectivity index (χ0n) is 27.3. The van der Waals surface area contributed by atoms with Gasteiger partial charge in [0.15, 0.2) is 29.2 Å². The van der Waals surface area contributed by atoms with Crippen LogP contribution in [0.1, 0.15) is 37.9 Å². The van der Waals surface area contributed by atoms with Gasteiger partial charge in [0.2, 0.25) is 5.75 Å². The number of nitro groups is 2. The van der Waals surface area contributed by atoms with Crippen LogP contribution in [0, 0.1) is 20.2 Å². The van der Waals surface area contributed by atoms with Crippen LogP contribution in [0.15, 0.2) is 71.0 Å². The first-order valence-electron chi connectivity index (χ1n) is 15.1. The molecule has 3 aromatic rings. The molecule has 50 heavy (non-hydrogen) atoms. The van der Waals surface area contributed by atoms with Crippen molar-refractivity contribution in [3.8, 4) is 28.7 Å². The summed E-state index contributed by atoms with van der Waals surface area (Å²) in [4.78, 5) is 45.7. The number of nitro benzene ring substituents is 2. The number of carbonyl (C=O) groups is 2. The van der Waals surface area contributed by atoms with Gasteiger partial charge in [-0.25, -0.2) is 9.59 Å². The minimum atomic E-state index is -1.27. The summed E-state index contributed by atoms with van der Waals surface area (Å²) in [6.07, 6.45) is 0.115. The number of hydrogen-bond acceptors (Lipinski definition) is 14. The largest absolute Gasteiger partial charge is 0.490 e. The smallest absolute Gasteiger partial charge is 0.337 e. The van der Waals surface area contributed by atoms with Gasteiger partial charge in [-0.15, -0.1) is 0 Å². The minimum Gasteiger partial charge on any atom is -0.490 e.